The number of aromatic nitrogens is 2. The molecule has 0 bridgehead atoms. The molecule has 2 heterocycles. The van der Waals surface area contributed by atoms with Gasteiger partial charge in [-0.05, 0) is 32.8 Å². The van der Waals surface area contributed by atoms with Crippen molar-refractivity contribution in [2.75, 3.05) is 11.9 Å². The smallest absolute Gasteiger partial charge is 0.223 e. The van der Waals surface area contributed by atoms with Gasteiger partial charge in [0.2, 0.25) is 5.95 Å². The van der Waals surface area contributed by atoms with Gasteiger partial charge in [0.1, 0.15) is 0 Å². The summed E-state index contributed by atoms with van der Waals surface area (Å²) in [4.78, 5) is 8.94. The van der Waals surface area contributed by atoms with Crippen LogP contribution in [-0.4, -0.2) is 28.2 Å². The van der Waals surface area contributed by atoms with Gasteiger partial charge in [-0.1, -0.05) is 18.2 Å². The summed E-state index contributed by atoms with van der Waals surface area (Å²) in [5.41, 5.74) is 0.915. The number of benzene rings is 1. The highest BCUT2D eigenvalue weighted by Crippen LogP contribution is 2.25. The Balaban J connectivity index is 1.77. The molecule has 0 amide bonds. The van der Waals surface area contributed by atoms with Crippen molar-refractivity contribution >= 4 is 16.9 Å². The molecule has 100 valence electrons. The maximum Gasteiger partial charge on any atom is 0.223 e. The van der Waals surface area contributed by atoms with Gasteiger partial charge in [-0.25, -0.2) is 9.97 Å². The van der Waals surface area contributed by atoms with E-state index in [1.807, 2.05) is 30.5 Å². The largest absolute Gasteiger partial charge is 0.375 e. The van der Waals surface area contributed by atoms with E-state index in [9.17, 15) is 0 Å². The minimum Gasteiger partial charge on any atom is -0.375 e. The summed E-state index contributed by atoms with van der Waals surface area (Å²) < 4.78 is 5.72. The standard InChI is InChI=1S/C15H19N3O/c1-15(2)9-12(7-8-19-15)17-14-16-10-11-5-3-4-6-13(11)18-14/h3-6,10,12H,7-9H2,1-2H3,(H,16,17,18). The van der Waals surface area contributed by atoms with Crippen molar-refractivity contribution in [2.24, 2.45) is 0 Å². The summed E-state index contributed by atoms with van der Waals surface area (Å²) in [6.07, 6.45) is 3.85. The first-order chi connectivity index (χ1) is 9.12. The lowest BCUT2D eigenvalue weighted by Gasteiger charge is -2.35. The Morgan fingerprint density at radius 2 is 2.16 bits per heavy atom. The highest BCUT2D eigenvalue weighted by atomic mass is 16.5. The zero-order chi connectivity index (χ0) is 13.3. The molecule has 0 saturated carbocycles. The fraction of sp³-hybridized carbons (Fsp3) is 0.467. The number of hydrogen-bond acceptors (Lipinski definition) is 4. The number of rotatable bonds is 2. The summed E-state index contributed by atoms with van der Waals surface area (Å²) in [7, 11) is 0. The van der Waals surface area contributed by atoms with Crippen LogP contribution in [0.2, 0.25) is 0 Å². The molecule has 0 spiro atoms. The first-order valence-electron chi connectivity index (χ1n) is 6.75. The number of ether oxygens (including phenoxy) is 1. The molecule has 1 aliphatic heterocycles. The minimum atomic E-state index is -0.0627. The molecule has 2 aromatic rings. The van der Waals surface area contributed by atoms with Crippen molar-refractivity contribution in [1.82, 2.24) is 9.97 Å². The molecular formula is C15H19N3O. The Morgan fingerprint density at radius 3 is 3.00 bits per heavy atom. The highest BCUT2D eigenvalue weighted by Gasteiger charge is 2.29. The van der Waals surface area contributed by atoms with E-state index in [-0.39, 0.29) is 5.60 Å². The normalized spacial score (nSPS) is 22.3. The lowest BCUT2D eigenvalue weighted by atomic mass is 9.94. The Bertz CT molecular complexity index is 582. The van der Waals surface area contributed by atoms with Gasteiger partial charge in [0.15, 0.2) is 0 Å². The Kier molecular flexibility index (Phi) is 3.11. The van der Waals surface area contributed by atoms with Crippen LogP contribution in [0.4, 0.5) is 5.95 Å². The van der Waals surface area contributed by atoms with Gasteiger partial charge in [0.05, 0.1) is 11.1 Å². The zero-order valence-electron chi connectivity index (χ0n) is 11.4. The number of nitrogens with one attached hydrogen (secondary N) is 1. The lowest BCUT2D eigenvalue weighted by molar-refractivity contribution is -0.0553. The van der Waals surface area contributed by atoms with Gasteiger partial charge in [0.25, 0.3) is 0 Å². The topological polar surface area (TPSA) is 47.0 Å². The van der Waals surface area contributed by atoms with E-state index < -0.39 is 0 Å². The maximum atomic E-state index is 5.72. The van der Waals surface area contributed by atoms with E-state index in [1.165, 1.54) is 0 Å². The van der Waals surface area contributed by atoms with Gasteiger partial charge in [-0.2, -0.15) is 0 Å². The van der Waals surface area contributed by atoms with Crippen LogP contribution >= 0.6 is 0 Å². The molecule has 19 heavy (non-hydrogen) atoms. The summed E-state index contributed by atoms with van der Waals surface area (Å²) in [5.74, 6) is 0.710. The summed E-state index contributed by atoms with van der Waals surface area (Å²) in [6.45, 7) is 5.04. The van der Waals surface area contributed by atoms with Crippen LogP contribution < -0.4 is 5.32 Å². The van der Waals surface area contributed by atoms with Gasteiger partial charge in [0, 0.05) is 24.2 Å². The molecule has 1 aliphatic rings. The maximum absolute atomic E-state index is 5.72. The molecular weight excluding hydrogens is 238 g/mol. The number of fused-ring (bicyclic) bond motifs is 1. The molecule has 3 rings (SSSR count). The third kappa shape index (κ3) is 2.84. The highest BCUT2D eigenvalue weighted by molar-refractivity contribution is 5.78. The van der Waals surface area contributed by atoms with E-state index in [4.69, 9.17) is 4.74 Å². The van der Waals surface area contributed by atoms with Crippen molar-refractivity contribution in [1.29, 1.82) is 0 Å². The molecule has 1 N–H and O–H groups in total. The predicted octanol–water partition coefficient (Wildman–Crippen LogP) is 3.00. The average molecular weight is 257 g/mol. The summed E-state index contributed by atoms with van der Waals surface area (Å²) >= 11 is 0. The molecule has 1 atom stereocenters. The molecule has 0 aliphatic carbocycles. The van der Waals surface area contributed by atoms with E-state index in [1.54, 1.807) is 0 Å². The molecule has 1 saturated heterocycles. The fourth-order valence-electron chi connectivity index (χ4n) is 2.58. The Morgan fingerprint density at radius 1 is 1.32 bits per heavy atom. The first kappa shape index (κ1) is 12.4. The number of nitrogens with zero attached hydrogens (tertiary/aromatic N) is 2. The third-order valence-corrected chi connectivity index (χ3v) is 3.52. The Labute approximate surface area is 113 Å². The van der Waals surface area contributed by atoms with Crippen LogP contribution in [0.25, 0.3) is 10.9 Å². The molecule has 1 aromatic heterocycles. The average Bonchev–Trinajstić information content (AvgIpc) is 2.37. The second kappa shape index (κ2) is 4.78. The Hall–Kier alpha value is -1.68. The predicted molar refractivity (Wildman–Crippen MR) is 76.2 cm³/mol. The van der Waals surface area contributed by atoms with Crippen LogP contribution in [0.5, 0.6) is 0 Å². The minimum absolute atomic E-state index is 0.0627. The molecule has 4 heteroatoms. The number of anilines is 1. The fourth-order valence-corrected chi connectivity index (χ4v) is 2.58. The molecule has 4 nitrogen and oxygen atoms in total. The third-order valence-electron chi connectivity index (χ3n) is 3.52. The summed E-state index contributed by atoms with van der Waals surface area (Å²) in [6, 6.07) is 8.41. The monoisotopic (exact) mass is 257 g/mol. The van der Waals surface area contributed by atoms with E-state index >= 15 is 0 Å². The quantitative estimate of drug-likeness (QED) is 0.898. The van der Waals surface area contributed by atoms with E-state index in [2.05, 4.69) is 29.1 Å². The first-order valence-corrected chi connectivity index (χ1v) is 6.75. The molecule has 0 radical (unpaired) electrons. The zero-order valence-corrected chi connectivity index (χ0v) is 11.4. The van der Waals surface area contributed by atoms with Gasteiger partial charge >= 0.3 is 0 Å². The van der Waals surface area contributed by atoms with Crippen molar-refractivity contribution in [3.05, 3.63) is 30.5 Å². The van der Waals surface area contributed by atoms with Crippen LogP contribution in [0.3, 0.4) is 0 Å². The van der Waals surface area contributed by atoms with Crippen LogP contribution in [0, 0.1) is 0 Å². The van der Waals surface area contributed by atoms with Gasteiger partial charge in [-0.3, -0.25) is 0 Å². The second-order valence-electron chi connectivity index (χ2n) is 5.69. The van der Waals surface area contributed by atoms with Crippen LogP contribution in [0.15, 0.2) is 30.5 Å². The lowest BCUT2D eigenvalue weighted by Crippen LogP contribution is -2.40. The van der Waals surface area contributed by atoms with Crippen LogP contribution in [0.1, 0.15) is 26.7 Å². The van der Waals surface area contributed by atoms with Crippen molar-refractivity contribution in [3.63, 3.8) is 0 Å². The van der Waals surface area contributed by atoms with Crippen molar-refractivity contribution in [3.8, 4) is 0 Å². The SMILES string of the molecule is CC1(C)CC(Nc2ncc3ccccc3n2)CCO1. The van der Waals surface area contributed by atoms with Crippen LogP contribution in [-0.2, 0) is 4.74 Å². The number of para-hydroxylation sites is 1. The molecule has 1 aromatic carbocycles. The molecule has 1 fully saturated rings. The molecule has 1 unspecified atom stereocenters. The second-order valence-corrected chi connectivity index (χ2v) is 5.69. The van der Waals surface area contributed by atoms with E-state index in [0.717, 1.165) is 30.4 Å². The van der Waals surface area contributed by atoms with Crippen molar-refractivity contribution < 1.29 is 4.74 Å². The van der Waals surface area contributed by atoms with Gasteiger partial charge < -0.3 is 10.1 Å². The van der Waals surface area contributed by atoms with E-state index in [0.29, 0.717) is 12.0 Å². The van der Waals surface area contributed by atoms with Gasteiger partial charge in [-0.15, -0.1) is 0 Å². The van der Waals surface area contributed by atoms with Crippen molar-refractivity contribution in [2.45, 2.75) is 38.3 Å². The number of hydrogen-bond donors (Lipinski definition) is 1. The summed E-state index contributed by atoms with van der Waals surface area (Å²) in [5, 5.41) is 4.50.